The molecule has 0 spiro atoms. The lowest BCUT2D eigenvalue weighted by Gasteiger charge is -2.21. The first kappa shape index (κ1) is 19.9. The second-order valence-electron chi connectivity index (χ2n) is 7.83. The molecular weight excluding hydrogens is 415 g/mol. The molecule has 5 nitrogen and oxygen atoms in total. The standard InChI is InChI=1S/C24H21FN2O3S/c1-16-7-10-20(11-8-16)31(28,29)27-13-3-6-22(27)24-26-21-15-18(9-12-23(21)30-24)17-4-2-5-19(25)14-17/h2,4-5,7-12,14-15,22H,3,6,13H2,1H3. The fourth-order valence-corrected chi connectivity index (χ4v) is 5.71. The molecule has 3 aromatic carbocycles. The number of fused-ring (bicyclic) bond motifs is 1. The van der Waals surface area contributed by atoms with Gasteiger partial charge in [0.2, 0.25) is 15.9 Å². The first-order valence-electron chi connectivity index (χ1n) is 10.2. The molecule has 1 saturated heterocycles. The second-order valence-corrected chi connectivity index (χ2v) is 9.72. The minimum Gasteiger partial charge on any atom is -0.439 e. The Morgan fingerprint density at radius 2 is 1.81 bits per heavy atom. The maximum absolute atomic E-state index is 13.6. The number of aromatic nitrogens is 1. The van der Waals surface area contributed by atoms with E-state index in [0.717, 1.165) is 23.1 Å². The Bertz CT molecular complexity index is 1360. The van der Waals surface area contributed by atoms with Crippen molar-refractivity contribution in [1.82, 2.24) is 9.29 Å². The average molecular weight is 437 g/mol. The van der Waals surface area contributed by atoms with E-state index in [9.17, 15) is 12.8 Å². The summed E-state index contributed by atoms with van der Waals surface area (Å²) in [5, 5.41) is 0. The molecule has 1 atom stereocenters. The predicted octanol–water partition coefficient (Wildman–Crippen LogP) is 5.47. The molecule has 31 heavy (non-hydrogen) atoms. The van der Waals surface area contributed by atoms with Crippen molar-refractivity contribution < 1.29 is 17.2 Å². The first-order valence-corrected chi connectivity index (χ1v) is 11.6. The molecule has 0 saturated carbocycles. The molecule has 158 valence electrons. The van der Waals surface area contributed by atoms with E-state index in [1.165, 1.54) is 16.4 Å². The quantitative estimate of drug-likeness (QED) is 0.426. The van der Waals surface area contributed by atoms with Gasteiger partial charge in [0.05, 0.1) is 4.90 Å². The highest BCUT2D eigenvalue weighted by atomic mass is 32.2. The monoisotopic (exact) mass is 436 g/mol. The fourth-order valence-electron chi connectivity index (χ4n) is 4.06. The minimum absolute atomic E-state index is 0.273. The first-order chi connectivity index (χ1) is 14.9. The van der Waals surface area contributed by atoms with Gasteiger partial charge < -0.3 is 4.42 Å². The molecule has 0 aliphatic carbocycles. The van der Waals surface area contributed by atoms with Crippen LogP contribution in [-0.2, 0) is 10.0 Å². The van der Waals surface area contributed by atoms with Gasteiger partial charge in [-0.3, -0.25) is 0 Å². The van der Waals surface area contributed by atoms with Crippen molar-refractivity contribution in [3.8, 4) is 11.1 Å². The molecule has 0 N–H and O–H groups in total. The van der Waals surface area contributed by atoms with E-state index >= 15 is 0 Å². The molecule has 1 aromatic heterocycles. The van der Waals surface area contributed by atoms with Crippen LogP contribution in [0, 0.1) is 12.7 Å². The Hall–Kier alpha value is -3.03. The van der Waals surface area contributed by atoms with Gasteiger partial charge in [-0.1, -0.05) is 35.9 Å². The summed E-state index contributed by atoms with van der Waals surface area (Å²) < 4.78 is 47.5. The van der Waals surface area contributed by atoms with E-state index < -0.39 is 16.1 Å². The van der Waals surface area contributed by atoms with E-state index in [-0.39, 0.29) is 10.7 Å². The Labute approximate surface area is 180 Å². The Morgan fingerprint density at radius 1 is 1.03 bits per heavy atom. The average Bonchev–Trinajstić information content (AvgIpc) is 3.41. The zero-order valence-corrected chi connectivity index (χ0v) is 17.8. The number of rotatable bonds is 4. The lowest BCUT2D eigenvalue weighted by Crippen LogP contribution is -2.30. The predicted molar refractivity (Wildman–Crippen MR) is 116 cm³/mol. The maximum Gasteiger partial charge on any atom is 0.243 e. The molecule has 2 heterocycles. The summed E-state index contributed by atoms with van der Waals surface area (Å²) in [6.45, 7) is 2.35. The number of benzene rings is 3. The summed E-state index contributed by atoms with van der Waals surface area (Å²) >= 11 is 0. The number of aryl methyl sites for hydroxylation is 1. The van der Waals surface area contributed by atoms with Gasteiger partial charge in [0.1, 0.15) is 17.4 Å². The van der Waals surface area contributed by atoms with Crippen LogP contribution in [0.25, 0.3) is 22.2 Å². The fraction of sp³-hybridized carbons (Fsp3) is 0.208. The van der Waals surface area contributed by atoms with E-state index in [2.05, 4.69) is 4.98 Å². The van der Waals surface area contributed by atoms with E-state index in [1.807, 2.05) is 25.1 Å². The van der Waals surface area contributed by atoms with Crippen LogP contribution < -0.4 is 0 Å². The SMILES string of the molecule is Cc1ccc(S(=O)(=O)N2CCCC2c2nc3cc(-c4cccc(F)c4)ccc3o2)cc1. The summed E-state index contributed by atoms with van der Waals surface area (Å²) in [5.41, 5.74) is 3.77. The lowest BCUT2D eigenvalue weighted by molar-refractivity contribution is 0.337. The van der Waals surface area contributed by atoms with Gasteiger partial charge in [-0.05, 0) is 67.3 Å². The molecule has 1 aliphatic rings. The van der Waals surface area contributed by atoms with Gasteiger partial charge >= 0.3 is 0 Å². The van der Waals surface area contributed by atoms with Crippen LogP contribution in [0.4, 0.5) is 4.39 Å². The highest BCUT2D eigenvalue weighted by Gasteiger charge is 2.39. The third kappa shape index (κ3) is 3.64. The van der Waals surface area contributed by atoms with Crippen molar-refractivity contribution in [2.75, 3.05) is 6.54 Å². The van der Waals surface area contributed by atoms with Crippen LogP contribution in [0.3, 0.4) is 0 Å². The van der Waals surface area contributed by atoms with E-state index in [0.29, 0.717) is 30.0 Å². The van der Waals surface area contributed by atoms with Crippen LogP contribution in [0.2, 0.25) is 0 Å². The largest absolute Gasteiger partial charge is 0.439 e. The summed E-state index contributed by atoms with van der Waals surface area (Å²) in [5.74, 6) is 0.0842. The molecular formula is C24H21FN2O3S. The van der Waals surface area contributed by atoms with Crippen LogP contribution in [0.15, 0.2) is 76.0 Å². The summed E-state index contributed by atoms with van der Waals surface area (Å²) in [4.78, 5) is 4.88. The van der Waals surface area contributed by atoms with Gasteiger partial charge in [-0.15, -0.1) is 0 Å². The minimum atomic E-state index is -3.65. The van der Waals surface area contributed by atoms with Crippen LogP contribution in [0.1, 0.15) is 30.3 Å². The molecule has 7 heteroatoms. The Balaban J connectivity index is 1.50. The number of hydrogen-bond acceptors (Lipinski definition) is 4. The highest BCUT2D eigenvalue weighted by molar-refractivity contribution is 7.89. The second kappa shape index (κ2) is 7.59. The number of sulfonamides is 1. The summed E-state index contributed by atoms with van der Waals surface area (Å²) in [6.07, 6.45) is 1.39. The van der Waals surface area contributed by atoms with Crippen molar-refractivity contribution in [2.24, 2.45) is 0 Å². The summed E-state index contributed by atoms with van der Waals surface area (Å²) in [7, 11) is -3.65. The van der Waals surface area contributed by atoms with Crippen LogP contribution >= 0.6 is 0 Å². The zero-order valence-electron chi connectivity index (χ0n) is 17.0. The molecule has 0 amide bonds. The maximum atomic E-state index is 13.6. The molecule has 0 radical (unpaired) electrons. The van der Waals surface area contributed by atoms with Crippen LogP contribution in [0.5, 0.6) is 0 Å². The van der Waals surface area contributed by atoms with Crippen molar-refractivity contribution >= 4 is 21.1 Å². The van der Waals surface area contributed by atoms with Crippen LogP contribution in [-0.4, -0.2) is 24.3 Å². The van der Waals surface area contributed by atoms with Gasteiger partial charge in [0.25, 0.3) is 0 Å². The van der Waals surface area contributed by atoms with Crippen molar-refractivity contribution in [2.45, 2.75) is 30.7 Å². The van der Waals surface area contributed by atoms with E-state index in [4.69, 9.17) is 4.42 Å². The van der Waals surface area contributed by atoms with Gasteiger partial charge in [-0.25, -0.2) is 17.8 Å². The zero-order chi connectivity index (χ0) is 21.6. The molecule has 1 aliphatic heterocycles. The number of halogens is 1. The third-order valence-electron chi connectivity index (χ3n) is 5.68. The molecule has 0 bridgehead atoms. The van der Waals surface area contributed by atoms with Gasteiger partial charge in [-0.2, -0.15) is 4.31 Å². The normalized spacial score (nSPS) is 17.4. The smallest absolute Gasteiger partial charge is 0.243 e. The van der Waals surface area contributed by atoms with Crippen molar-refractivity contribution in [3.05, 3.63) is 84.0 Å². The van der Waals surface area contributed by atoms with Crippen molar-refractivity contribution in [3.63, 3.8) is 0 Å². The molecule has 1 fully saturated rings. The Morgan fingerprint density at radius 3 is 2.58 bits per heavy atom. The third-order valence-corrected chi connectivity index (χ3v) is 7.60. The summed E-state index contributed by atoms with van der Waals surface area (Å²) in [6, 6.07) is 18.3. The topological polar surface area (TPSA) is 63.4 Å². The Kier molecular flexibility index (Phi) is 4.87. The molecule has 4 aromatic rings. The van der Waals surface area contributed by atoms with Gasteiger partial charge in [0.15, 0.2) is 5.58 Å². The molecule has 5 rings (SSSR count). The lowest BCUT2D eigenvalue weighted by atomic mass is 10.1. The number of nitrogens with zero attached hydrogens (tertiary/aromatic N) is 2. The van der Waals surface area contributed by atoms with Gasteiger partial charge in [0, 0.05) is 6.54 Å². The number of hydrogen-bond donors (Lipinski definition) is 0. The van der Waals surface area contributed by atoms with E-state index in [1.54, 1.807) is 36.4 Å². The molecule has 1 unspecified atom stereocenters. The number of oxazole rings is 1. The highest BCUT2D eigenvalue weighted by Crippen LogP contribution is 2.38. The van der Waals surface area contributed by atoms with Crippen molar-refractivity contribution in [1.29, 1.82) is 0 Å².